The highest BCUT2D eigenvalue weighted by molar-refractivity contribution is 7.17. The molecule has 132 valence electrons. The van der Waals surface area contributed by atoms with Gasteiger partial charge in [-0.3, -0.25) is 9.59 Å². The molecule has 0 bridgehead atoms. The molecular formula is C20H24N2O2S. The number of thiophene rings is 1. The number of hydrogen-bond acceptors (Lipinski definition) is 3. The minimum Gasteiger partial charge on any atom is -0.352 e. The molecule has 5 heteroatoms. The van der Waals surface area contributed by atoms with Crippen LogP contribution in [0.5, 0.6) is 0 Å². The van der Waals surface area contributed by atoms with Crippen molar-refractivity contribution < 1.29 is 9.59 Å². The van der Waals surface area contributed by atoms with Crippen molar-refractivity contribution in [2.24, 2.45) is 0 Å². The first kappa shape index (κ1) is 17.7. The average Bonchev–Trinajstić information content (AvgIpc) is 2.97. The Morgan fingerprint density at radius 1 is 1.16 bits per heavy atom. The zero-order valence-corrected chi connectivity index (χ0v) is 15.6. The molecule has 0 saturated carbocycles. The Labute approximate surface area is 152 Å². The second-order valence-electron chi connectivity index (χ2n) is 6.49. The van der Waals surface area contributed by atoms with E-state index < -0.39 is 0 Å². The molecule has 0 atom stereocenters. The molecule has 0 unspecified atom stereocenters. The van der Waals surface area contributed by atoms with Crippen LogP contribution in [-0.2, 0) is 12.8 Å². The van der Waals surface area contributed by atoms with Crippen LogP contribution in [0.1, 0.15) is 62.9 Å². The van der Waals surface area contributed by atoms with Gasteiger partial charge < -0.3 is 10.6 Å². The van der Waals surface area contributed by atoms with E-state index in [1.165, 1.54) is 4.88 Å². The number of fused-ring (bicyclic) bond motifs is 1. The SMILES string of the molecule is CCCNC(=O)c1c(NC(=O)c2cccc(C)c2)sc2c1CCCC2. The summed E-state index contributed by atoms with van der Waals surface area (Å²) in [4.78, 5) is 26.5. The van der Waals surface area contributed by atoms with Gasteiger partial charge in [0.05, 0.1) is 5.56 Å². The fraction of sp³-hybridized carbons (Fsp3) is 0.400. The number of hydrogen-bond donors (Lipinski definition) is 2. The van der Waals surface area contributed by atoms with Gasteiger partial charge in [0.2, 0.25) is 0 Å². The minimum atomic E-state index is -0.160. The van der Waals surface area contributed by atoms with E-state index in [-0.39, 0.29) is 11.8 Å². The van der Waals surface area contributed by atoms with Gasteiger partial charge in [-0.15, -0.1) is 11.3 Å². The lowest BCUT2D eigenvalue weighted by Crippen LogP contribution is -2.26. The summed E-state index contributed by atoms with van der Waals surface area (Å²) in [6.07, 6.45) is 5.05. The Kier molecular flexibility index (Phi) is 5.53. The third-order valence-corrected chi connectivity index (χ3v) is 5.65. The lowest BCUT2D eigenvalue weighted by atomic mass is 9.95. The summed E-state index contributed by atoms with van der Waals surface area (Å²) in [5, 5.41) is 6.64. The second kappa shape index (κ2) is 7.83. The van der Waals surface area contributed by atoms with E-state index in [0.29, 0.717) is 22.7 Å². The van der Waals surface area contributed by atoms with E-state index in [2.05, 4.69) is 10.6 Å². The number of carbonyl (C=O) groups is 2. The third kappa shape index (κ3) is 3.93. The fourth-order valence-electron chi connectivity index (χ4n) is 3.18. The summed E-state index contributed by atoms with van der Waals surface area (Å²) < 4.78 is 0. The Balaban J connectivity index is 1.90. The van der Waals surface area contributed by atoms with E-state index in [0.717, 1.165) is 43.2 Å². The highest BCUT2D eigenvalue weighted by atomic mass is 32.1. The van der Waals surface area contributed by atoms with Crippen molar-refractivity contribution in [3.63, 3.8) is 0 Å². The molecule has 4 nitrogen and oxygen atoms in total. The van der Waals surface area contributed by atoms with Crippen molar-refractivity contribution in [1.82, 2.24) is 5.32 Å². The monoisotopic (exact) mass is 356 g/mol. The van der Waals surface area contributed by atoms with Gasteiger partial charge in [0, 0.05) is 17.0 Å². The van der Waals surface area contributed by atoms with Crippen LogP contribution in [0.2, 0.25) is 0 Å². The largest absolute Gasteiger partial charge is 0.352 e. The van der Waals surface area contributed by atoms with Gasteiger partial charge in [-0.2, -0.15) is 0 Å². The zero-order chi connectivity index (χ0) is 17.8. The molecular weight excluding hydrogens is 332 g/mol. The number of anilines is 1. The highest BCUT2D eigenvalue weighted by Gasteiger charge is 2.26. The number of rotatable bonds is 5. The summed E-state index contributed by atoms with van der Waals surface area (Å²) in [6.45, 7) is 4.64. The normalized spacial score (nSPS) is 13.2. The summed E-state index contributed by atoms with van der Waals surface area (Å²) >= 11 is 1.56. The van der Waals surface area contributed by atoms with Gasteiger partial charge in [-0.25, -0.2) is 0 Å². The summed E-state index contributed by atoms with van der Waals surface area (Å²) in [5.41, 5.74) is 3.46. The van der Waals surface area contributed by atoms with Crippen molar-refractivity contribution in [2.45, 2.75) is 46.0 Å². The summed E-state index contributed by atoms with van der Waals surface area (Å²) in [7, 11) is 0. The molecule has 1 aliphatic carbocycles. The molecule has 0 radical (unpaired) electrons. The average molecular weight is 356 g/mol. The van der Waals surface area contributed by atoms with Gasteiger partial charge in [-0.05, 0) is 56.7 Å². The predicted molar refractivity (Wildman–Crippen MR) is 103 cm³/mol. The van der Waals surface area contributed by atoms with Crippen LogP contribution in [0.25, 0.3) is 0 Å². The maximum absolute atomic E-state index is 12.7. The van der Waals surface area contributed by atoms with Crippen molar-refractivity contribution in [3.8, 4) is 0 Å². The molecule has 1 aliphatic rings. The maximum atomic E-state index is 12.7. The van der Waals surface area contributed by atoms with Crippen molar-refractivity contribution >= 4 is 28.2 Å². The molecule has 1 aromatic heterocycles. The topological polar surface area (TPSA) is 58.2 Å². The molecule has 25 heavy (non-hydrogen) atoms. The van der Waals surface area contributed by atoms with E-state index in [1.807, 2.05) is 32.0 Å². The minimum absolute atomic E-state index is 0.0687. The van der Waals surface area contributed by atoms with E-state index in [4.69, 9.17) is 0 Å². The molecule has 0 spiro atoms. The molecule has 2 amide bonds. The van der Waals surface area contributed by atoms with Crippen LogP contribution in [0, 0.1) is 6.92 Å². The Morgan fingerprint density at radius 2 is 1.96 bits per heavy atom. The second-order valence-corrected chi connectivity index (χ2v) is 7.60. The van der Waals surface area contributed by atoms with Gasteiger partial charge in [0.1, 0.15) is 5.00 Å². The Bertz CT molecular complexity index is 795. The van der Waals surface area contributed by atoms with Crippen LogP contribution < -0.4 is 10.6 Å². The van der Waals surface area contributed by atoms with Crippen LogP contribution in [0.4, 0.5) is 5.00 Å². The molecule has 1 aromatic carbocycles. The molecule has 1 heterocycles. The number of amides is 2. The zero-order valence-electron chi connectivity index (χ0n) is 14.8. The fourth-order valence-corrected chi connectivity index (χ4v) is 4.46. The van der Waals surface area contributed by atoms with Gasteiger partial charge in [-0.1, -0.05) is 24.6 Å². The lowest BCUT2D eigenvalue weighted by Gasteiger charge is -2.13. The number of carbonyl (C=O) groups excluding carboxylic acids is 2. The van der Waals surface area contributed by atoms with Crippen LogP contribution in [0.15, 0.2) is 24.3 Å². The Morgan fingerprint density at radius 3 is 2.72 bits per heavy atom. The van der Waals surface area contributed by atoms with Gasteiger partial charge >= 0.3 is 0 Å². The third-order valence-electron chi connectivity index (χ3n) is 4.44. The summed E-state index contributed by atoms with van der Waals surface area (Å²) in [6, 6.07) is 7.50. The van der Waals surface area contributed by atoms with E-state index in [9.17, 15) is 9.59 Å². The molecule has 0 aliphatic heterocycles. The first-order valence-corrected chi connectivity index (χ1v) is 9.72. The summed E-state index contributed by atoms with van der Waals surface area (Å²) in [5.74, 6) is -0.229. The number of nitrogens with one attached hydrogen (secondary N) is 2. The smallest absolute Gasteiger partial charge is 0.256 e. The lowest BCUT2D eigenvalue weighted by molar-refractivity contribution is 0.0954. The van der Waals surface area contributed by atoms with Crippen LogP contribution in [0.3, 0.4) is 0 Å². The standard InChI is InChI=1S/C20H24N2O2S/c1-3-11-21-19(24)17-15-9-4-5-10-16(15)25-20(17)22-18(23)14-8-6-7-13(2)12-14/h6-8,12H,3-5,9-11H2,1-2H3,(H,21,24)(H,22,23). The quantitative estimate of drug-likeness (QED) is 0.838. The maximum Gasteiger partial charge on any atom is 0.256 e. The van der Waals surface area contributed by atoms with Gasteiger partial charge in [0.25, 0.3) is 11.8 Å². The number of aryl methyl sites for hydroxylation is 2. The molecule has 0 fully saturated rings. The Hall–Kier alpha value is -2.14. The van der Waals surface area contributed by atoms with Crippen molar-refractivity contribution in [1.29, 1.82) is 0 Å². The van der Waals surface area contributed by atoms with E-state index >= 15 is 0 Å². The van der Waals surface area contributed by atoms with Crippen molar-refractivity contribution in [2.75, 3.05) is 11.9 Å². The van der Waals surface area contributed by atoms with E-state index in [1.54, 1.807) is 17.4 Å². The molecule has 3 rings (SSSR count). The first-order chi connectivity index (χ1) is 12.1. The van der Waals surface area contributed by atoms with Gasteiger partial charge in [0.15, 0.2) is 0 Å². The molecule has 0 saturated heterocycles. The molecule has 2 N–H and O–H groups in total. The van der Waals surface area contributed by atoms with Crippen LogP contribution >= 0.6 is 11.3 Å². The number of benzene rings is 1. The molecule has 2 aromatic rings. The van der Waals surface area contributed by atoms with Crippen molar-refractivity contribution in [3.05, 3.63) is 51.4 Å². The van der Waals surface area contributed by atoms with Crippen LogP contribution in [-0.4, -0.2) is 18.4 Å². The predicted octanol–water partition coefficient (Wildman–Crippen LogP) is 4.33. The highest BCUT2D eigenvalue weighted by Crippen LogP contribution is 2.38. The first-order valence-electron chi connectivity index (χ1n) is 8.91.